The number of pyridine rings is 1. The average molecular weight is 266 g/mol. The second kappa shape index (κ2) is 5.99. The van der Waals surface area contributed by atoms with Crippen LogP contribution in [0.25, 0.3) is 0 Å². The van der Waals surface area contributed by atoms with E-state index < -0.39 is 12.5 Å². The molecule has 1 saturated carbocycles. The van der Waals surface area contributed by atoms with Crippen molar-refractivity contribution in [1.29, 1.82) is 0 Å². The van der Waals surface area contributed by atoms with Gasteiger partial charge in [0.15, 0.2) is 0 Å². The van der Waals surface area contributed by atoms with Crippen LogP contribution >= 0.6 is 0 Å². The monoisotopic (exact) mass is 266 g/mol. The van der Waals surface area contributed by atoms with Gasteiger partial charge < -0.3 is 20.3 Å². The minimum atomic E-state index is -0.546. The first-order valence-electron chi connectivity index (χ1n) is 6.22. The third-order valence-electron chi connectivity index (χ3n) is 3.41. The van der Waals surface area contributed by atoms with Crippen LogP contribution in [0.15, 0.2) is 18.3 Å². The number of ether oxygens (including phenoxy) is 1. The van der Waals surface area contributed by atoms with Crippen molar-refractivity contribution >= 4 is 5.91 Å². The highest BCUT2D eigenvalue weighted by Gasteiger charge is 2.35. The second-order valence-corrected chi connectivity index (χ2v) is 4.72. The molecule has 1 amide bonds. The Morgan fingerprint density at radius 1 is 1.58 bits per heavy atom. The minimum Gasteiger partial charge on any atom is -0.481 e. The number of hydrogen-bond donors (Lipinski definition) is 3. The molecular formula is C13H18N2O4. The van der Waals surface area contributed by atoms with E-state index >= 15 is 0 Å². The first-order chi connectivity index (χ1) is 9.13. The molecule has 3 N–H and O–H groups in total. The van der Waals surface area contributed by atoms with Gasteiger partial charge in [-0.2, -0.15) is 0 Å². The Kier molecular flexibility index (Phi) is 4.34. The highest BCUT2D eigenvalue weighted by molar-refractivity contribution is 5.77. The van der Waals surface area contributed by atoms with Crippen LogP contribution in [0.3, 0.4) is 0 Å². The summed E-state index contributed by atoms with van der Waals surface area (Å²) in [6, 6.07) is 3.32. The van der Waals surface area contributed by atoms with E-state index in [1.165, 1.54) is 7.11 Å². The van der Waals surface area contributed by atoms with Crippen molar-refractivity contribution in [3.8, 4) is 5.88 Å². The topological polar surface area (TPSA) is 91.7 Å². The summed E-state index contributed by atoms with van der Waals surface area (Å²) in [7, 11) is 1.54. The van der Waals surface area contributed by atoms with E-state index in [2.05, 4.69) is 10.3 Å². The van der Waals surface area contributed by atoms with E-state index in [1.807, 2.05) is 6.07 Å². The fraction of sp³-hybridized carbons (Fsp3) is 0.538. The molecule has 1 aromatic heterocycles. The Morgan fingerprint density at radius 2 is 2.32 bits per heavy atom. The molecule has 1 aliphatic rings. The maximum absolute atomic E-state index is 11.4. The normalized spacial score (nSPS) is 23.3. The summed E-state index contributed by atoms with van der Waals surface area (Å²) >= 11 is 0. The molecule has 2 rings (SSSR count). The Balaban J connectivity index is 2.13. The molecule has 1 aliphatic carbocycles. The molecule has 1 aromatic rings. The van der Waals surface area contributed by atoms with E-state index in [9.17, 15) is 9.90 Å². The maximum Gasteiger partial charge on any atom is 0.246 e. The number of aliphatic hydroxyl groups is 2. The molecule has 0 spiro atoms. The predicted molar refractivity (Wildman–Crippen MR) is 67.5 cm³/mol. The van der Waals surface area contributed by atoms with Gasteiger partial charge in [-0.25, -0.2) is 4.98 Å². The van der Waals surface area contributed by atoms with Gasteiger partial charge in [0.05, 0.1) is 19.3 Å². The lowest BCUT2D eigenvalue weighted by molar-refractivity contribution is -0.125. The lowest BCUT2D eigenvalue weighted by Gasteiger charge is -2.38. The van der Waals surface area contributed by atoms with E-state index in [0.717, 1.165) is 5.56 Å². The molecule has 6 nitrogen and oxygen atoms in total. The second-order valence-electron chi connectivity index (χ2n) is 4.72. The number of methoxy groups -OCH3 is 1. The first kappa shape index (κ1) is 13.8. The van der Waals surface area contributed by atoms with Gasteiger partial charge >= 0.3 is 0 Å². The third-order valence-corrected chi connectivity index (χ3v) is 3.41. The number of rotatable bonds is 5. The maximum atomic E-state index is 11.4. The molecule has 0 aliphatic heterocycles. The van der Waals surface area contributed by atoms with Gasteiger partial charge in [0, 0.05) is 12.3 Å². The van der Waals surface area contributed by atoms with E-state index in [-0.39, 0.29) is 18.1 Å². The first-order valence-corrected chi connectivity index (χ1v) is 6.22. The summed E-state index contributed by atoms with van der Waals surface area (Å²) in [6.07, 6.45) is 2.63. The van der Waals surface area contributed by atoms with Gasteiger partial charge in [-0.05, 0) is 24.3 Å². The highest BCUT2D eigenvalue weighted by Crippen LogP contribution is 2.38. The fourth-order valence-electron chi connectivity index (χ4n) is 2.29. The van der Waals surface area contributed by atoms with Crippen molar-refractivity contribution in [3.63, 3.8) is 0 Å². The van der Waals surface area contributed by atoms with Crippen LogP contribution in [0, 0.1) is 5.92 Å². The summed E-state index contributed by atoms with van der Waals surface area (Å²) < 4.78 is 4.99. The molecule has 0 radical (unpaired) electrons. The molecule has 1 fully saturated rings. The predicted octanol–water partition coefficient (Wildman–Crippen LogP) is 0.0107. The zero-order valence-electron chi connectivity index (χ0n) is 10.7. The van der Waals surface area contributed by atoms with Crippen molar-refractivity contribution in [2.45, 2.75) is 25.0 Å². The largest absolute Gasteiger partial charge is 0.481 e. The zero-order chi connectivity index (χ0) is 13.8. The molecule has 0 aromatic carbocycles. The number of nitrogens with zero attached hydrogens (tertiary/aromatic N) is 1. The Bertz CT molecular complexity index is 429. The standard InChI is InChI=1S/C13H18N2O4/c1-19-12-3-2-8(6-14-12)13(15-11(18)7-16)9-4-10(17)5-9/h2-3,6,9-10,13,16-17H,4-5,7H2,1H3,(H,15,18)/t9?,10?,13-/m1/s1. The number of amides is 1. The SMILES string of the molecule is COc1ccc([C@@H](NC(=O)CO)C2CC(O)C2)cn1. The number of nitrogens with one attached hydrogen (secondary N) is 1. The summed E-state index contributed by atoms with van der Waals surface area (Å²) in [4.78, 5) is 15.5. The molecule has 1 heterocycles. The van der Waals surface area contributed by atoms with Crippen LogP contribution in [-0.4, -0.2) is 40.9 Å². The van der Waals surface area contributed by atoms with Crippen LogP contribution in [0.2, 0.25) is 0 Å². The van der Waals surface area contributed by atoms with Crippen molar-refractivity contribution in [1.82, 2.24) is 10.3 Å². The van der Waals surface area contributed by atoms with Gasteiger partial charge in [0.1, 0.15) is 6.61 Å². The number of hydrogen-bond acceptors (Lipinski definition) is 5. The molecule has 104 valence electrons. The van der Waals surface area contributed by atoms with Crippen molar-refractivity contribution in [2.24, 2.45) is 5.92 Å². The van der Waals surface area contributed by atoms with E-state index in [0.29, 0.717) is 18.7 Å². The van der Waals surface area contributed by atoms with Gasteiger partial charge in [-0.1, -0.05) is 6.07 Å². The molecule has 0 bridgehead atoms. The summed E-state index contributed by atoms with van der Waals surface area (Å²) in [5.41, 5.74) is 0.847. The molecule has 6 heteroatoms. The number of carbonyl (C=O) groups is 1. The van der Waals surface area contributed by atoms with Crippen LogP contribution in [-0.2, 0) is 4.79 Å². The van der Waals surface area contributed by atoms with E-state index in [4.69, 9.17) is 9.84 Å². The molecule has 0 saturated heterocycles. The van der Waals surface area contributed by atoms with Crippen LogP contribution in [0.4, 0.5) is 0 Å². The fourth-order valence-corrected chi connectivity index (χ4v) is 2.29. The van der Waals surface area contributed by atoms with Gasteiger partial charge in [0.25, 0.3) is 0 Å². The Hall–Kier alpha value is -1.66. The zero-order valence-corrected chi connectivity index (χ0v) is 10.7. The number of aromatic nitrogens is 1. The lowest BCUT2D eigenvalue weighted by Crippen LogP contribution is -2.42. The number of carbonyl (C=O) groups excluding carboxylic acids is 1. The highest BCUT2D eigenvalue weighted by atomic mass is 16.5. The molecule has 1 atom stereocenters. The van der Waals surface area contributed by atoms with Crippen molar-refractivity contribution < 1.29 is 19.7 Å². The van der Waals surface area contributed by atoms with E-state index in [1.54, 1.807) is 12.3 Å². The molecular weight excluding hydrogens is 248 g/mol. The van der Waals surface area contributed by atoms with Gasteiger partial charge in [0.2, 0.25) is 11.8 Å². The van der Waals surface area contributed by atoms with Crippen LogP contribution in [0.5, 0.6) is 5.88 Å². The van der Waals surface area contributed by atoms with Gasteiger partial charge in [-0.15, -0.1) is 0 Å². The van der Waals surface area contributed by atoms with Gasteiger partial charge in [-0.3, -0.25) is 4.79 Å². The average Bonchev–Trinajstić information content (AvgIpc) is 2.41. The number of aliphatic hydroxyl groups excluding tert-OH is 2. The summed E-state index contributed by atoms with van der Waals surface area (Å²) in [5.74, 6) is 0.243. The third kappa shape index (κ3) is 3.21. The smallest absolute Gasteiger partial charge is 0.246 e. The lowest BCUT2D eigenvalue weighted by atomic mass is 9.75. The Morgan fingerprint density at radius 3 is 2.79 bits per heavy atom. The van der Waals surface area contributed by atoms with Crippen LogP contribution in [0.1, 0.15) is 24.4 Å². The Labute approximate surface area is 111 Å². The molecule has 19 heavy (non-hydrogen) atoms. The minimum absolute atomic E-state index is 0.167. The van der Waals surface area contributed by atoms with Crippen LogP contribution < -0.4 is 10.1 Å². The van der Waals surface area contributed by atoms with Crippen molar-refractivity contribution in [2.75, 3.05) is 13.7 Å². The summed E-state index contributed by atoms with van der Waals surface area (Å²) in [5, 5.41) is 21.0. The quantitative estimate of drug-likeness (QED) is 0.698. The molecule has 0 unspecified atom stereocenters. The summed E-state index contributed by atoms with van der Waals surface area (Å²) in [6.45, 7) is -0.546. The van der Waals surface area contributed by atoms with Crippen molar-refractivity contribution in [3.05, 3.63) is 23.9 Å².